The SMILES string of the molecule is C/C(=C\N)CNCCCCNCC(C)CN. The molecule has 0 spiro atoms. The van der Waals surface area contributed by atoms with Crippen LogP contribution in [0.5, 0.6) is 0 Å². The van der Waals surface area contributed by atoms with E-state index in [1.807, 2.05) is 6.92 Å². The molecule has 0 saturated heterocycles. The Kier molecular flexibility index (Phi) is 10.5. The highest BCUT2D eigenvalue weighted by Gasteiger charge is 1.96. The Morgan fingerprint density at radius 1 is 1.25 bits per heavy atom. The summed E-state index contributed by atoms with van der Waals surface area (Å²) >= 11 is 0. The van der Waals surface area contributed by atoms with E-state index in [1.165, 1.54) is 18.4 Å². The Morgan fingerprint density at radius 2 is 1.88 bits per heavy atom. The lowest BCUT2D eigenvalue weighted by molar-refractivity contribution is 0.507. The summed E-state index contributed by atoms with van der Waals surface area (Å²) in [5.74, 6) is 0.579. The summed E-state index contributed by atoms with van der Waals surface area (Å²) in [6.07, 6.45) is 4.06. The molecule has 16 heavy (non-hydrogen) atoms. The molecule has 0 bridgehead atoms. The zero-order valence-corrected chi connectivity index (χ0v) is 10.8. The first-order chi connectivity index (χ1) is 7.70. The van der Waals surface area contributed by atoms with Crippen LogP contribution in [0.15, 0.2) is 11.8 Å². The molecule has 0 aliphatic heterocycles. The van der Waals surface area contributed by atoms with Gasteiger partial charge >= 0.3 is 0 Å². The van der Waals surface area contributed by atoms with Crippen molar-refractivity contribution in [1.82, 2.24) is 10.6 Å². The Bertz CT molecular complexity index is 180. The molecule has 6 N–H and O–H groups in total. The van der Waals surface area contributed by atoms with E-state index in [1.54, 1.807) is 6.20 Å². The highest BCUT2D eigenvalue weighted by Crippen LogP contribution is 1.90. The fourth-order valence-electron chi connectivity index (χ4n) is 1.28. The number of rotatable bonds is 10. The molecule has 0 saturated carbocycles. The summed E-state index contributed by atoms with van der Waals surface area (Å²) in [4.78, 5) is 0. The maximum atomic E-state index is 5.53. The Balaban J connectivity index is 3.10. The van der Waals surface area contributed by atoms with Gasteiger partial charge in [0.15, 0.2) is 0 Å². The van der Waals surface area contributed by atoms with Crippen LogP contribution in [0, 0.1) is 5.92 Å². The fourth-order valence-corrected chi connectivity index (χ4v) is 1.28. The smallest absolute Gasteiger partial charge is 0.0179 e. The lowest BCUT2D eigenvalue weighted by Crippen LogP contribution is -2.27. The molecule has 0 heterocycles. The first kappa shape index (κ1) is 15.4. The third-order valence-electron chi connectivity index (χ3n) is 2.54. The van der Waals surface area contributed by atoms with Gasteiger partial charge in [-0.15, -0.1) is 0 Å². The molecule has 0 aromatic rings. The Labute approximate surface area is 99.8 Å². The monoisotopic (exact) mass is 228 g/mol. The third kappa shape index (κ3) is 9.96. The van der Waals surface area contributed by atoms with Gasteiger partial charge in [0, 0.05) is 6.54 Å². The fraction of sp³-hybridized carbons (Fsp3) is 0.833. The van der Waals surface area contributed by atoms with Crippen molar-refractivity contribution in [1.29, 1.82) is 0 Å². The summed E-state index contributed by atoms with van der Waals surface area (Å²) < 4.78 is 0. The van der Waals surface area contributed by atoms with Gasteiger partial charge in [0.05, 0.1) is 0 Å². The Hall–Kier alpha value is -0.580. The molecule has 96 valence electrons. The number of unbranched alkanes of at least 4 members (excludes halogenated alkanes) is 1. The van der Waals surface area contributed by atoms with E-state index in [-0.39, 0.29) is 0 Å². The first-order valence-corrected chi connectivity index (χ1v) is 6.19. The standard InChI is InChI=1S/C12H28N4/c1-11(7-13)9-15-5-3-4-6-16-10-12(2)8-14/h7,12,15-16H,3-6,8-10,13-14H2,1-2H3/b11-7+. The van der Waals surface area contributed by atoms with E-state index < -0.39 is 0 Å². The zero-order valence-electron chi connectivity index (χ0n) is 10.8. The van der Waals surface area contributed by atoms with E-state index in [0.717, 1.165) is 32.7 Å². The van der Waals surface area contributed by atoms with Gasteiger partial charge in [-0.25, -0.2) is 0 Å². The molecule has 0 rings (SSSR count). The van der Waals surface area contributed by atoms with Crippen LogP contribution in [0.4, 0.5) is 0 Å². The number of hydrogen-bond acceptors (Lipinski definition) is 4. The molecule has 1 unspecified atom stereocenters. The number of nitrogens with one attached hydrogen (secondary N) is 2. The molecule has 4 heteroatoms. The van der Waals surface area contributed by atoms with Crippen LogP contribution in [-0.2, 0) is 0 Å². The van der Waals surface area contributed by atoms with Crippen molar-refractivity contribution in [3.63, 3.8) is 0 Å². The molecule has 0 aromatic carbocycles. The summed E-state index contributed by atoms with van der Waals surface area (Å²) in [6, 6.07) is 0. The lowest BCUT2D eigenvalue weighted by atomic mass is 10.2. The van der Waals surface area contributed by atoms with Gasteiger partial charge in [-0.1, -0.05) is 6.92 Å². The molecule has 0 aliphatic carbocycles. The van der Waals surface area contributed by atoms with Crippen LogP contribution >= 0.6 is 0 Å². The van der Waals surface area contributed by atoms with Crippen LogP contribution < -0.4 is 22.1 Å². The minimum absolute atomic E-state index is 0.579. The predicted octanol–water partition coefficient (Wildman–Crippen LogP) is 0.403. The Morgan fingerprint density at radius 3 is 2.44 bits per heavy atom. The van der Waals surface area contributed by atoms with E-state index in [2.05, 4.69) is 17.6 Å². The second kappa shape index (κ2) is 10.9. The van der Waals surface area contributed by atoms with Crippen molar-refractivity contribution >= 4 is 0 Å². The number of hydrogen-bond donors (Lipinski definition) is 4. The van der Waals surface area contributed by atoms with Gasteiger partial charge in [-0.05, 0) is 63.6 Å². The maximum Gasteiger partial charge on any atom is 0.0179 e. The van der Waals surface area contributed by atoms with E-state index in [4.69, 9.17) is 11.5 Å². The van der Waals surface area contributed by atoms with Gasteiger partial charge in [0.25, 0.3) is 0 Å². The minimum Gasteiger partial charge on any atom is -0.405 e. The quantitative estimate of drug-likeness (QED) is 0.408. The normalized spacial score (nSPS) is 14.1. The summed E-state index contributed by atoms with van der Waals surface area (Å²) in [5, 5.41) is 6.76. The van der Waals surface area contributed by atoms with Crippen LogP contribution in [0.3, 0.4) is 0 Å². The van der Waals surface area contributed by atoms with Crippen LogP contribution in [0.25, 0.3) is 0 Å². The second-order valence-corrected chi connectivity index (χ2v) is 4.44. The van der Waals surface area contributed by atoms with E-state index in [9.17, 15) is 0 Å². The summed E-state index contributed by atoms with van der Waals surface area (Å²) in [6.45, 7) is 9.02. The highest BCUT2D eigenvalue weighted by molar-refractivity contribution is 4.96. The van der Waals surface area contributed by atoms with Gasteiger partial charge in [0.1, 0.15) is 0 Å². The molecule has 0 radical (unpaired) electrons. The molecule has 4 nitrogen and oxygen atoms in total. The lowest BCUT2D eigenvalue weighted by Gasteiger charge is -2.10. The van der Waals surface area contributed by atoms with Crippen LogP contribution in [-0.4, -0.2) is 32.7 Å². The first-order valence-electron chi connectivity index (χ1n) is 6.19. The second-order valence-electron chi connectivity index (χ2n) is 4.44. The van der Waals surface area contributed by atoms with Crippen LogP contribution in [0.1, 0.15) is 26.7 Å². The third-order valence-corrected chi connectivity index (χ3v) is 2.54. The molecule has 1 atom stereocenters. The van der Waals surface area contributed by atoms with Crippen molar-refractivity contribution in [3.8, 4) is 0 Å². The molecule has 0 amide bonds. The summed E-state index contributed by atoms with van der Waals surface area (Å²) in [7, 11) is 0. The maximum absolute atomic E-state index is 5.53. The van der Waals surface area contributed by atoms with E-state index in [0.29, 0.717) is 5.92 Å². The highest BCUT2D eigenvalue weighted by atomic mass is 14.9. The average Bonchev–Trinajstić information content (AvgIpc) is 2.31. The van der Waals surface area contributed by atoms with Crippen molar-refractivity contribution in [2.75, 3.05) is 32.7 Å². The predicted molar refractivity (Wildman–Crippen MR) is 71.1 cm³/mol. The number of nitrogens with two attached hydrogens (primary N) is 2. The van der Waals surface area contributed by atoms with Crippen molar-refractivity contribution in [3.05, 3.63) is 11.8 Å². The van der Waals surface area contributed by atoms with Crippen molar-refractivity contribution in [2.45, 2.75) is 26.7 Å². The van der Waals surface area contributed by atoms with Gasteiger partial charge in [-0.2, -0.15) is 0 Å². The van der Waals surface area contributed by atoms with Gasteiger partial charge < -0.3 is 22.1 Å². The van der Waals surface area contributed by atoms with Crippen molar-refractivity contribution < 1.29 is 0 Å². The van der Waals surface area contributed by atoms with E-state index >= 15 is 0 Å². The van der Waals surface area contributed by atoms with Gasteiger partial charge in [-0.3, -0.25) is 0 Å². The van der Waals surface area contributed by atoms with Gasteiger partial charge in [0.2, 0.25) is 0 Å². The zero-order chi connectivity index (χ0) is 12.2. The topological polar surface area (TPSA) is 76.1 Å². The van der Waals surface area contributed by atoms with Crippen LogP contribution in [0.2, 0.25) is 0 Å². The molecule has 0 aliphatic rings. The molecular weight excluding hydrogens is 200 g/mol. The largest absolute Gasteiger partial charge is 0.405 e. The molecular formula is C12H28N4. The van der Waals surface area contributed by atoms with Crippen molar-refractivity contribution in [2.24, 2.45) is 17.4 Å². The summed E-state index contributed by atoms with van der Waals surface area (Å²) in [5.41, 5.74) is 12.1. The average molecular weight is 228 g/mol. The molecule has 0 fully saturated rings. The molecule has 0 aromatic heterocycles. The minimum atomic E-state index is 0.579.